The van der Waals surface area contributed by atoms with Crippen molar-refractivity contribution < 1.29 is 14.4 Å². The first-order valence-electron chi connectivity index (χ1n) is 10.2. The summed E-state index contributed by atoms with van der Waals surface area (Å²) in [5.41, 5.74) is 2.36. The number of nitrogens with one attached hydrogen (secondary N) is 1. The summed E-state index contributed by atoms with van der Waals surface area (Å²) in [5, 5.41) is 4.83. The van der Waals surface area contributed by atoms with Gasteiger partial charge in [0.1, 0.15) is 0 Å². The molecule has 3 heterocycles. The van der Waals surface area contributed by atoms with E-state index in [4.69, 9.17) is 0 Å². The Morgan fingerprint density at radius 1 is 1.03 bits per heavy atom. The smallest absolute Gasteiger partial charge is 0.295 e. The maximum absolute atomic E-state index is 12.7. The van der Waals surface area contributed by atoms with E-state index in [0.717, 1.165) is 18.8 Å². The van der Waals surface area contributed by atoms with Crippen molar-refractivity contribution in [1.82, 2.24) is 19.9 Å². The number of thiazole rings is 1. The van der Waals surface area contributed by atoms with Gasteiger partial charge in [-0.2, -0.15) is 0 Å². The summed E-state index contributed by atoms with van der Waals surface area (Å²) in [6, 6.07) is 9.18. The van der Waals surface area contributed by atoms with E-state index in [2.05, 4.69) is 25.2 Å². The van der Waals surface area contributed by atoms with Crippen LogP contribution >= 0.6 is 11.3 Å². The van der Waals surface area contributed by atoms with Crippen molar-refractivity contribution in [3.63, 3.8) is 0 Å². The van der Waals surface area contributed by atoms with Gasteiger partial charge in [-0.05, 0) is 37.3 Å². The number of Topliss-reactive ketones (excluding diaryl/α,β-unsaturated/α-hetero) is 1. The molecule has 0 atom stereocenters. The Morgan fingerprint density at radius 2 is 1.72 bits per heavy atom. The van der Waals surface area contributed by atoms with Crippen LogP contribution in [0.4, 0.5) is 10.8 Å². The topological polar surface area (TPSA) is 108 Å². The highest BCUT2D eigenvalue weighted by Crippen LogP contribution is 2.20. The van der Waals surface area contributed by atoms with Crippen LogP contribution in [0.2, 0.25) is 0 Å². The zero-order chi connectivity index (χ0) is 22.5. The molecule has 2 amide bonds. The largest absolute Gasteiger partial charge is 0.368 e. The van der Waals surface area contributed by atoms with E-state index in [1.807, 2.05) is 29.2 Å². The van der Waals surface area contributed by atoms with Gasteiger partial charge in [-0.3, -0.25) is 19.7 Å². The Hall–Kier alpha value is -3.66. The molecule has 0 saturated carbocycles. The fourth-order valence-corrected chi connectivity index (χ4v) is 4.11. The van der Waals surface area contributed by atoms with Crippen LogP contribution in [0.25, 0.3) is 0 Å². The minimum absolute atomic E-state index is 0.00569. The van der Waals surface area contributed by atoms with Gasteiger partial charge in [-0.15, -0.1) is 11.3 Å². The van der Waals surface area contributed by atoms with Gasteiger partial charge in [-0.1, -0.05) is 0 Å². The highest BCUT2D eigenvalue weighted by Gasteiger charge is 2.22. The molecule has 0 radical (unpaired) electrons. The van der Waals surface area contributed by atoms with Crippen LogP contribution < -0.4 is 10.2 Å². The maximum Gasteiger partial charge on any atom is 0.295 e. The highest BCUT2D eigenvalue weighted by atomic mass is 32.1. The molecule has 9 nitrogen and oxygen atoms in total. The van der Waals surface area contributed by atoms with Crippen molar-refractivity contribution in [1.29, 1.82) is 0 Å². The second-order valence-electron chi connectivity index (χ2n) is 7.32. The highest BCUT2D eigenvalue weighted by molar-refractivity contribution is 7.14. The minimum atomic E-state index is -0.440. The quantitative estimate of drug-likeness (QED) is 0.574. The maximum atomic E-state index is 12.7. The van der Waals surface area contributed by atoms with E-state index in [0.29, 0.717) is 29.5 Å². The zero-order valence-electron chi connectivity index (χ0n) is 17.5. The molecule has 10 heteroatoms. The zero-order valence-corrected chi connectivity index (χ0v) is 18.3. The van der Waals surface area contributed by atoms with Crippen LogP contribution in [0, 0.1) is 0 Å². The molecule has 1 aromatic carbocycles. The lowest BCUT2D eigenvalue weighted by molar-refractivity contribution is -0.130. The second kappa shape index (κ2) is 9.65. The molecule has 1 fully saturated rings. The van der Waals surface area contributed by atoms with Crippen LogP contribution in [0.5, 0.6) is 0 Å². The summed E-state index contributed by atoms with van der Waals surface area (Å²) in [6.45, 7) is 4.23. The van der Waals surface area contributed by atoms with Gasteiger partial charge in [0.25, 0.3) is 5.91 Å². The summed E-state index contributed by atoms with van der Waals surface area (Å²) in [7, 11) is 0. The first-order chi connectivity index (χ1) is 15.5. The van der Waals surface area contributed by atoms with Gasteiger partial charge in [0.15, 0.2) is 10.9 Å². The van der Waals surface area contributed by atoms with E-state index in [1.54, 1.807) is 18.4 Å². The number of carbonyl (C=O) groups excluding carboxylic acids is 3. The Labute approximate surface area is 189 Å². The molecule has 1 saturated heterocycles. The number of amides is 2. The lowest BCUT2D eigenvalue weighted by Crippen LogP contribution is -2.49. The SMILES string of the molecule is CC(=O)c1ccc(N2CCN(C(=O)Cc3csc(NC(=O)c4ncccn4)n3)CC2)cc1. The standard InChI is InChI=1S/C22H22N6O3S/c1-15(29)16-3-5-18(6-4-16)27-9-11-28(12-10-27)19(30)13-17-14-32-22(25-17)26-21(31)20-23-7-2-8-24-20/h2-8,14H,9-13H2,1H3,(H,25,26,31). The van der Waals surface area contributed by atoms with Crippen LogP contribution in [-0.2, 0) is 11.2 Å². The van der Waals surface area contributed by atoms with Crippen LogP contribution in [0.3, 0.4) is 0 Å². The van der Waals surface area contributed by atoms with E-state index < -0.39 is 5.91 Å². The number of anilines is 2. The molecular weight excluding hydrogens is 428 g/mol. The van der Waals surface area contributed by atoms with Crippen molar-refractivity contribution in [2.45, 2.75) is 13.3 Å². The number of ketones is 1. The van der Waals surface area contributed by atoms with Gasteiger partial charge in [0.05, 0.1) is 12.1 Å². The predicted octanol–water partition coefficient (Wildman–Crippen LogP) is 2.28. The summed E-state index contributed by atoms with van der Waals surface area (Å²) in [4.78, 5) is 52.5. The molecule has 0 unspecified atom stereocenters. The Morgan fingerprint density at radius 3 is 2.38 bits per heavy atom. The van der Waals surface area contributed by atoms with Gasteiger partial charge in [-0.25, -0.2) is 15.0 Å². The summed E-state index contributed by atoms with van der Waals surface area (Å²) in [6.07, 6.45) is 3.17. The van der Waals surface area contributed by atoms with Gasteiger partial charge in [0.2, 0.25) is 11.7 Å². The number of hydrogen-bond acceptors (Lipinski definition) is 8. The molecule has 32 heavy (non-hydrogen) atoms. The molecule has 1 N–H and O–H groups in total. The van der Waals surface area contributed by atoms with Gasteiger partial charge < -0.3 is 9.80 Å². The molecule has 2 aromatic heterocycles. The molecule has 1 aliphatic heterocycles. The van der Waals surface area contributed by atoms with Crippen molar-refractivity contribution in [3.8, 4) is 0 Å². The molecule has 4 rings (SSSR count). The first kappa shape index (κ1) is 21.6. The number of hydrogen-bond donors (Lipinski definition) is 1. The van der Waals surface area contributed by atoms with E-state index in [-0.39, 0.29) is 23.9 Å². The van der Waals surface area contributed by atoms with E-state index in [1.165, 1.54) is 23.7 Å². The van der Waals surface area contributed by atoms with Crippen molar-refractivity contribution >= 4 is 39.8 Å². The van der Waals surface area contributed by atoms with E-state index >= 15 is 0 Å². The van der Waals surface area contributed by atoms with Gasteiger partial charge >= 0.3 is 0 Å². The lowest BCUT2D eigenvalue weighted by atomic mass is 10.1. The Kier molecular flexibility index (Phi) is 6.50. The fourth-order valence-electron chi connectivity index (χ4n) is 3.40. The van der Waals surface area contributed by atoms with Crippen LogP contribution in [0.1, 0.15) is 33.6 Å². The Balaban J connectivity index is 1.28. The van der Waals surface area contributed by atoms with Crippen LogP contribution in [0.15, 0.2) is 48.1 Å². The molecule has 3 aromatic rings. The van der Waals surface area contributed by atoms with Crippen molar-refractivity contribution in [2.24, 2.45) is 0 Å². The van der Waals surface area contributed by atoms with Crippen LogP contribution in [-0.4, -0.2) is 63.6 Å². The molecular formula is C22H22N6O3S. The number of rotatable bonds is 6. The molecule has 164 valence electrons. The summed E-state index contributed by atoms with van der Waals surface area (Å²) in [5.74, 6) is -0.323. The molecule has 0 aliphatic carbocycles. The number of benzene rings is 1. The summed E-state index contributed by atoms with van der Waals surface area (Å²) < 4.78 is 0. The number of carbonyl (C=O) groups is 3. The van der Waals surface area contributed by atoms with Gasteiger partial charge in [0, 0.05) is 55.2 Å². The van der Waals surface area contributed by atoms with Crippen molar-refractivity contribution in [2.75, 3.05) is 36.4 Å². The third-order valence-corrected chi connectivity index (χ3v) is 5.95. The third kappa shape index (κ3) is 5.14. The molecule has 1 aliphatic rings. The molecule has 0 bridgehead atoms. The Bertz CT molecular complexity index is 1110. The lowest BCUT2D eigenvalue weighted by Gasteiger charge is -2.36. The monoisotopic (exact) mass is 450 g/mol. The third-order valence-electron chi connectivity index (χ3n) is 5.14. The average molecular weight is 451 g/mol. The first-order valence-corrected chi connectivity index (χ1v) is 11.0. The number of aromatic nitrogens is 3. The molecule has 0 spiro atoms. The summed E-state index contributed by atoms with van der Waals surface area (Å²) >= 11 is 1.26. The average Bonchev–Trinajstić information content (AvgIpc) is 3.26. The number of piperazine rings is 1. The van der Waals surface area contributed by atoms with Crippen molar-refractivity contribution in [3.05, 3.63) is 65.2 Å². The number of nitrogens with zero attached hydrogens (tertiary/aromatic N) is 5. The normalized spacial score (nSPS) is 13.7. The fraction of sp³-hybridized carbons (Fsp3) is 0.273. The predicted molar refractivity (Wildman–Crippen MR) is 121 cm³/mol. The second-order valence-corrected chi connectivity index (χ2v) is 8.18. The van der Waals surface area contributed by atoms with E-state index in [9.17, 15) is 14.4 Å². The minimum Gasteiger partial charge on any atom is -0.368 e.